The molecule has 2 amide bonds. The van der Waals surface area contributed by atoms with Crippen LogP contribution in [0.15, 0.2) is 66.9 Å². The van der Waals surface area contributed by atoms with Crippen LogP contribution in [0.4, 0.5) is 10.6 Å². The second-order valence-electron chi connectivity index (χ2n) is 8.61. The Morgan fingerprint density at radius 3 is 2.29 bits per heavy atom. The number of hydrogen-bond donors (Lipinski definition) is 1. The van der Waals surface area contributed by atoms with Gasteiger partial charge in [0.05, 0.1) is 22.7 Å². The van der Waals surface area contributed by atoms with E-state index >= 15 is 0 Å². The first-order valence-corrected chi connectivity index (χ1v) is 14.2. The minimum Gasteiger partial charge on any atom is -0.467 e. The zero-order chi connectivity index (χ0) is 30.7. The predicted molar refractivity (Wildman–Crippen MR) is 165 cm³/mol. The molecule has 0 aliphatic carbocycles. The van der Waals surface area contributed by atoms with E-state index in [4.69, 9.17) is 67.5 Å². The molecule has 0 saturated carbocycles. The molecule has 13 heteroatoms. The monoisotopic (exact) mass is 669 g/mol. The lowest BCUT2D eigenvalue weighted by atomic mass is 10.0. The summed E-state index contributed by atoms with van der Waals surface area (Å²) in [6, 6.07) is 15.9. The number of amides is 2. The van der Waals surface area contributed by atoms with E-state index in [0.717, 1.165) is 5.56 Å². The third kappa shape index (κ3) is 10.3. The predicted octanol–water partition coefficient (Wildman–Crippen LogP) is 6.66. The van der Waals surface area contributed by atoms with Crippen molar-refractivity contribution < 1.29 is 23.9 Å². The van der Waals surface area contributed by atoms with E-state index in [1.54, 1.807) is 54.7 Å². The fourth-order valence-electron chi connectivity index (χ4n) is 3.61. The number of rotatable bonds is 9. The maximum Gasteiger partial charge on any atom is 0.415 e. The maximum atomic E-state index is 12.8. The Balaban J connectivity index is 1.64. The number of carbonyl (C=O) groups excluding carboxylic acids is 3. The third-order valence-corrected chi connectivity index (χ3v) is 6.53. The SMILES string of the molecule is COC(=O)C(Cc1ccc(C#CCCN(C(=O)OCC(Cl)(Cl)Cl)c2ccccn2)cc1)NC(=O)c1c(Cl)cccc1Cl. The summed E-state index contributed by atoms with van der Waals surface area (Å²) in [7, 11) is 1.23. The molecule has 42 heavy (non-hydrogen) atoms. The van der Waals surface area contributed by atoms with E-state index in [1.807, 2.05) is 0 Å². The van der Waals surface area contributed by atoms with Gasteiger partial charge in [-0.25, -0.2) is 14.6 Å². The van der Waals surface area contributed by atoms with E-state index in [0.29, 0.717) is 17.8 Å². The van der Waals surface area contributed by atoms with Gasteiger partial charge in [0, 0.05) is 31.1 Å². The summed E-state index contributed by atoms with van der Waals surface area (Å²) < 4.78 is 8.22. The number of nitrogens with zero attached hydrogens (tertiary/aromatic N) is 2. The lowest BCUT2D eigenvalue weighted by Crippen LogP contribution is -2.43. The summed E-state index contributed by atoms with van der Waals surface area (Å²) in [6.07, 6.45) is 1.27. The van der Waals surface area contributed by atoms with Crippen LogP contribution < -0.4 is 10.2 Å². The van der Waals surface area contributed by atoms with Crippen molar-refractivity contribution in [3.05, 3.63) is 93.6 Å². The summed E-state index contributed by atoms with van der Waals surface area (Å²) >= 11 is 29.3. The van der Waals surface area contributed by atoms with Crippen LogP contribution in [-0.4, -0.2) is 53.0 Å². The Morgan fingerprint density at radius 2 is 1.69 bits per heavy atom. The number of carbonyl (C=O) groups is 3. The molecule has 0 aliphatic heterocycles. The molecule has 3 aromatic rings. The van der Waals surface area contributed by atoms with E-state index in [-0.39, 0.29) is 28.6 Å². The van der Waals surface area contributed by atoms with Crippen LogP contribution in [0.5, 0.6) is 0 Å². The van der Waals surface area contributed by atoms with E-state index in [9.17, 15) is 14.4 Å². The quantitative estimate of drug-likeness (QED) is 0.155. The van der Waals surface area contributed by atoms with Crippen molar-refractivity contribution >= 4 is 81.8 Å². The third-order valence-electron chi connectivity index (χ3n) is 5.57. The molecular weight excluding hydrogens is 648 g/mol. The van der Waals surface area contributed by atoms with Gasteiger partial charge in [0.2, 0.25) is 3.79 Å². The van der Waals surface area contributed by atoms with Gasteiger partial charge in [-0.05, 0) is 42.0 Å². The Kier molecular flexibility index (Phi) is 12.6. The number of ether oxygens (including phenoxy) is 2. The van der Waals surface area contributed by atoms with Crippen LogP contribution in [0.25, 0.3) is 0 Å². The van der Waals surface area contributed by atoms with Gasteiger partial charge >= 0.3 is 12.1 Å². The smallest absolute Gasteiger partial charge is 0.415 e. The second kappa shape index (κ2) is 15.9. The number of aromatic nitrogens is 1. The average molecular weight is 672 g/mol. The minimum atomic E-state index is -1.75. The zero-order valence-electron chi connectivity index (χ0n) is 22.1. The van der Waals surface area contributed by atoms with Crippen molar-refractivity contribution in [3.8, 4) is 11.8 Å². The fraction of sp³-hybridized carbons (Fsp3) is 0.241. The summed E-state index contributed by atoms with van der Waals surface area (Å²) in [5.41, 5.74) is 1.52. The van der Waals surface area contributed by atoms with Gasteiger partial charge in [0.15, 0.2) is 0 Å². The Morgan fingerprint density at radius 1 is 1.00 bits per heavy atom. The average Bonchev–Trinajstić information content (AvgIpc) is 2.96. The van der Waals surface area contributed by atoms with Gasteiger partial charge in [0.1, 0.15) is 18.5 Å². The number of alkyl halides is 3. The van der Waals surface area contributed by atoms with Gasteiger partial charge in [0.25, 0.3) is 5.91 Å². The molecule has 2 aromatic carbocycles. The normalized spacial score (nSPS) is 11.5. The van der Waals surface area contributed by atoms with Crippen molar-refractivity contribution in [2.45, 2.75) is 22.7 Å². The Labute approximate surface area is 268 Å². The first-order valence-electron chi connectivity index (χ1n) is 12.3. The Hall–Kier alpha value is -3.19. The standard InChI is InChI=1S/C29H24Cl5N3O5/c1-41-27(39)23(36-26(38)25-21(30)8-6-9-22(25)31)17-20-13-11-19(12-14-20)7-3-5-16-37(24-10-2-4-15-35-24)28(40)42-18-29(32,33)34/h2,4,6,8-15,23H,5,16-18H2,1H3,(H,36,38). The van der Waals surface area contributed by atoms with E-state index in [2.05, 4.69) is 22.1 Å². The molecule has 1 atom stereocenters. The van der Waals surface area contributed by atoms with Crippen molar-refractivity contribution in [1.82, 2.24) is 10.3 Å². The molecule has 220 valence electrons. The van der Waals surface area contributed by atoms with Gasteiger partial charge < -0.3 is 14.8 Å². The van der Waals surface area contributed by atoms with E-state index < -0.39 is 34.4 Å². The molecular formula is C29H24Cl5N3O5. The second-order valence-corrected chi connectivity index (χ2v) is 11.9. The molecule has 1 unspecified atom stereocenters. The van der Waals surface area contributed by atoms with Crippen LogP contribution in [0.1, 0.15) is 27.9 Å². The van der Waals surface area contributed by atoms with Crippen LogP contribution in [0.2, 0.25) is 10.0 Å². The molecule has 8 nitrogen and oxygen atoms in total. The highest BCUT2D eigenvalue weighted by Gasteiger charge is 2.26. The first kappa shape index (κ1) is 33.3. The minimum absolute atomic E-state index is 0.0699. The zero-order valence-corrected chi connectivity index (χ0v) is 25.9. The number of anilines is 1. The molecule has 0 fully saturated rings. The molecule has 0 spiro atoms. The summed E-state index contributed by atoms with van der Waals surface area (Å²) in [6.45, 7) is -0.247. The molecule has 1 aromatic heterocycles. The first-order chi connectivity index (χ1) is 20.0. The highest BCUT2D eigenvalue weighted by atomic mass is 35.6. The largest absolute Gasteiger partial charge is 0.467 e. The van der Waals surface area contributed by atoms with Crippen LogP contribution >= 0.6 is 58.0 Å². The van der Waals surface area contributed by atoms with Crippen LogP contribution in [-0.2, 0) is 20.7 Å². The van der Waals surface area contributed by atoms with Crippen molar-refractivity contribution in [3.63, 3.8) is 0 Å². The van der Waals surface area contributed by atoms with E-state index in [1.165, 1.54) is 24.1 Å². The van der Waals surface area contributed by atoms with Crippen LogP contribution in [0.3, 0.4) is 0 Å². The topological polar surface area (TPSA) is 97.8 Å². The molecule has 1 heterocycles. The van der Waals surface area contributed by atoms with Crippen molar-refractivity contribution in [2.75, 3.05) is 25.2 Å². The summed E-state index contributed by atoms with van der Waals surface area (Å²) in [5.74, 6) is 5.17. The fourth-order valence-corrected chi connectivity index (χ4v) is 4.34. The molecule has 3 rings (SSSR count). The van der Waals surface area contributed by atoms with Gasteiger partial charge in [-0.1, -0.05) is 94.1 Å². The molecule has 0 radical (unpaired) electrons. The highest BCUT2D eigenvalue weighted by Crippen LogP contribution is 2.27. The maximum absolute atomic E-state index is 12.8. The molecule has 1 N–H and O–H groups in total. The van der Waals surface area contributed by atoms with Crippen molar-refractivity contribution in [1.29, 1.82) is 0 Å². The molecule has 0 aliphatic rings. The van der Waals surface area contributed by atoms with Gasteiger partial charge in [-0.2, -0.15) is 0 Å². The molecule has 0 bridgehead atoms. The summed E-state index contributed by atoms with van der Waals surface area (Å²) in [4.78, 5) is 43.3. The number of halogens is 5. The summed E-state index contributed by atoms with van der Waals surface area (Å²) in [5, 5.41) is 2.96. The molecule has 0 saturated heterocycles. The highest BCUT2D eigenvalue weighted by molar-refractivity contribution is 6.67. The Bertz CT molecular complexity index is 1430. The number of benzene rings is 2. The van der Waals surface area contributed by atoms with Crippen molar-refractivity contribution in [2.24, 2.45) is 0 Å². The number of nitrogens with one attached hydrogen (secondary N) is 1. The number of hydrogen-bond acceptors (Lipinski definition) is 6. The lowest BCUT2D eigenvalue weighted by Gasteiger charge is -2.21. The number of pyridine rings is 1. The van der Waals surface area contributed by atoms with Crippen LogP contribution in [0, 0.1) is 11.8 Å². The number of esters is 1. The number of methoxy groups -OCH3 is 1. The van der Waals surface area contributed by atoms with Gasteiger partial charge in [-0.3, -0.25) is 9.69 Å². The lowest BCUT2D eigenvalue weighted by molar-refractivity contribution is -0.142. The van der Waals surface area contributed by atoms with Gasteiger partial charge in [-0.15, -0.1) is 0 Å².